The Morgan fingerprint density at radius 3 is 2.47 bits per heavy atom. The Morgan fingerprint density at radius 1 is 1.40 bits per heavy atom. The van der Waals surface area contributed by atoms with E-state index in [0.29, 0.717) is 0 Å². The molecule has 1 aromatic rings. The van der Waals surface area contributed by atoms with Crippen molar-refractivity contribution in [3.63, 3.8) is 0 Å². The number of rotatable bonds is 2. The highest BCUT2D eigenvalue weighted by atomic mass is 19.1. The van der Waals surface area contributed by atoms with Gasteiger partial charge in [0.25, 0.3) is 0 Å². The first-order chi connectivity index (χ1) is 6.96. The molecule has 4 nitrogen and oxygen atoms in total. The first kappa shape index (κ1) is 9.97. The summed E-state index contributed by atoms with van der Waals surface area (Å²) < 4.78 is 26.7. The molecule has 1 saturated carbocycles. The summed E-state index contributed by atoms with van der Waals surface area (Å²) in [6.07, 6.45) is 0.448. The Hall–Kier alpha value is -1.56. The number of halogens is 2. The Kier molecular flexibility index (Phi) is 1.97. The van der Waals surface area contributed by atoms with Gasteiger partial charge in [0.15, 0.2) is 0 Å². The molecule has 1 aromatic carbocycles. The van der Waals surface area contributed by atoms with Crippen LogP contribution in [0.2, 0.25) is 0 Å². The van der Waals surface area contributed by atoms with Crippen LogP contribution in [-0.4, -0.2) is 10.0 Å². The van der Waals surface area contributed by atoms with Gasteiger partial charge in [0.05, 0.1) is 16.1 Å². The van der Waals surface area contributed by atoms with Gasteiger partial charge < -0.3 is 5.11 Å². The molecule has 15 heavy (non-hydrogen) atoms. The van der Waals surface area contributed by atoms with E-state index in [2.05, 4.69) is 0 Å². The van der Waals surface area contributed by atoms with Crippen molar-refractivity contribution in [2.45, 2.75) is 18.4 Å². The van der Waals surface area contributed by atoms with Crippen molar-refractivity contribution >= 4 is 5.69 Å². The van der Waals surface area contributed by atoms with Crippen LogP contribution in [0.15, 0.2) is 12.1 Å². The average Bonchev–Trinajstić information content (AvgIpc) is 2.83. The highest BCUT2D eigenvalue weighted by Crippen LogP contribution is 2.48. The molecule has 0 atom stereocenters. The van der Waals surface area contributed by atoms with Crippen LogP contribution in [0.3, 0.4) is 0 Å². The van der Waals surface area contributed by atoms with Gasteiger partial charge in [-0.15, -0.1) is 0 Å². The predicted molar refractivity (Wildman–Crippen MR) is 46.1 cm³/mol. The molecule has 0 radical (unpaired) electrons. The minimum absolute atomic E-state index is 0.224. The summed E-state index contributed by atoms with van der Waals surface area (Å²) in [6, 6.07) is 1.55. The van der Waals surface area contributed by atoms with Crippen LogP contribution < -0.4 is 0 Å². The minimum Gasteiger partial charge on any atom is -0.385 e. The van der Waals surface area contributed by atoms with Crippen molar-refractivity contribution in [3.05, 3.63) is 39.4 Å². The predicted octanol–water partition coefficient (Wildman–Crippen LogP) is 1.85. The fourth-order valence-corrected chi connectivity index (χ4v) is 1.48. The summed E-state index contributed by atoms with van der Waals surface area (Å²) >= 11 is 0. The van der Waals surface area contributed by atoms with Crippen LogP contribution in [0.4, 0.5) is 14.5 Å². The van der Waals surface area contributed by atoms with E-state index in [9.17, 15) is 24.0 Å². The second-order valence-electron chi connectivity index (χ2n) is 3.54. The van der Waals surface area contributed by atoms with Gasteiger partial charge in [-0.2, -0.15) is 4.39 Å². The second-order valence-corrected chi connectivity index (χ2v) is 3.54. The van der Waals surface area contributed by atoms with Gasteiger partial charge in [-0.05, 0) is 18.9 Å². The molecule has 0 amide bonds. The Balaban J connectivity index is 2.62. The van der Waals surface area contributed by atoms with Crippen LogP contribution in [0.1, 0.15) is 18.4 Å². The highest BCUT2D eigenvalue weighted by Gasteiger charge is 2.47. The van der Waals surface area contributed by atoms with Crippen molar-refractivity contribution in [2.75, 3.05) is 0 Å². The van der Waals surface area contributed by atoms with Crippen molar-refractivity contribution in [2.24, 2.45) is 0 Å². The topological polar surface area (TPSA) is 63.4 Å². The van der Waals surface area contributed by atoms with E-state index in [0.717, 1.165) is 12.1 Å². The summed E-state index contributed by atoms with van der Waals surface area (Å²) in [5.74, 6) is -2.22. The SMILES string of the molecule is O=[N+]([O-])c1ccc(F)c(C2(O)CC2)c1F. The summed E-state index contributed by atoms with van der Waals surface area (Å²) in [7, 11) is 0. The maximum Gasteiger partial charge on any atom is 0.305 e. The van der Waals surface area contributed by atoms with Crippen molar-refractivity contribution < 1.29 is 18.8 Å². The summed E-state index contributed by atoms with van der Waals surface area (Å²) in [6.45, 7) is 0. The van der Waals surface area contributed by atoms with E-state index in [1.807, 2.05) is 0 Å². The quantitative estimate of drug-likeness (QED) is 0.604. The lowest BCUT2D eigenvalue weighted by Crippen LogP contribution is -2.12. The number of nitro groups is 1. The van der Waals surface area contributed by atoms with Gasteiger partial charge in [0.2, 0.25) is 5.82 Å². The van der Waals surface area contributed by atoms with Crippen LogP contribution in [0, 0.1) is 21.7 Å². The number of nitrogens with zero attached hydrogens (tertiary/aromatic N) is 1. The maximum absolute atomic E-state index is 13.5. The lowest BCUT2D eigenvalue weighted by Gasteiger charge is -2.10. The monoisotopic (exact) mass is 215 g/mol. The number of benzene rings is 1. The fraction of sp³-hybridized carbons (Fsp3) is 0.333. The van der Waals surface area contributed by atoms with E-state index < -0.39 is 33.4 Å². The van der Waals surface area contributed by atoms with Gasteiger partial charge >= 0.3 is 5.69 Å². The Bertz CT molecular complexity index is 443. The molecule has 6 heteroatoms. The summed E-state index contributed by atoms with van der Waals surface area (Å²) in [5.41, 5.74) is -2.95. The molecule has 0 unspecified atom stereocenters. The number of hydrogen-bond donors (Lipinski definition) is 1. The highest BCUT2D eigenvalue weighted by molar-refractivity contribution is 5.42. The average molecular weight is 215 g/mol. The molecule has 0 aromatic heterocycles. The number of nitro benzene ring substituents is 1. The molecule has 0 spiro atoms. The molecular weight excluding hydrogens is 208 g/mol. The van der Waals surface area contributed by atoms with E-state index in [1.165, 1.54) is 0 Å². The smallest absolute Gasteiger partial charge is 0.305 e. The molecule has 2 rings (SSSR count). The van der Waals surface area contributed by atoms with Crippen molar-refractivity contribution in [3.8, 4) is 0 Å². The van der Waals surface area contributed by atoms with E-state index in [1.54, 1.807) is 0 Å². The fourth-order valence-electron chi connectivity index (χ4n) is 1.48. The van der Waals surface area contributed by atoms with Crippen LogP contribution in [0.25, 0.3) is 0 Å². The van der Waals surface area contributed by atoms with Crippen molar-refractivity contribution in [1.29, 1.82) is 0 Å². The molecule has 0 saturated heterocycles. The molecule has 1 N–H and O–H groups in total. The number of aliphatic hydroxyl groups is 1. The van der Waals surface area contributed by atoms with E-state index in [4.69, 9.17) is 0 Å². The van der Waals surface area contributed by atoms with Gasteiger partial charge in [-0.1, -0.05) is 0 Å². The van der Waals surface area contributed by atoms with Crippen LogP contribution in [0.5, 0.6) is 0 Å². The lowest BCUT2D eigenvalue weighted by atomic mass is 10.1. The first-order valence-electron chi connectivity index (χ1n) is 4.31. The van der Waals surface area contributed by atoms with Gasteiger partial charge in [-0.25, -0.2) is 4.39 Å². The Labute approximate surface area is 83.3 Å². The molecule has 1 aliphatic rings. The third-order valence-corrected chi connectivity index (χ3v) is 2.46. The lowest BCUT2D eigenvalue weighted by molar-refractivity contribution is -0.387. The summed E-state index contributed by atoms with van der Waals surface area (Å²) in [5, 5.41) is 20.0. The van der Waals surface area contributed by atoms with Gasteiger partial charge in [0, 0.05) is 6.07 Å². The van der Waals surface area contributed by atoms with Crippen molar-refractivity contribution in [1.82, 2.24) is 0 Å². The third kappa shape index (κ3) is 1.46. The molecule has 1 aliphatic carbocycles. The van der Waals surface area contributed by atoms with E-state index >= 15 is 0 Å². The zero-order valence-electron chi connectivity index (χ0n) is 7.54. The summed E-state index contributed by atoms with van der Waals surface area (Å²) in [4.78, 5) is 9.45. The van der Waals surface area contributed by atoms with Crippen LogP contribution in [-0.2, 0) is 5.60 Å². The zero-order chi connectivity index (χ0) is 11.2. The van der Waals surface area contributed by atoms with Gasteiger partial charge in [-0.3, -0.25) is 10.1 Å². The largest absolute Gasteiger partial charge is 0.385 e. The maximum atomic E-state index is 13.5. The van der Waals surface area contributed by atoms with E-state index in [-0.39, 0.29) is 12.8 Å². The minimum atomic E-state index is -1.56. The molecular formula is C9H7F2NO3. The Morgan fingerprint density at radius 2 is 2.00 bits per heavy atom. The third-order valence-electron chi connectivity index (χ3n) is 2.46. The van der Waals surface area contributed by atoms with Crippen LogP contribution >= 0.6 is 0 Å². The molecule has 80 valence electrons. The standard InChI is InChI=1S/C9H7F2NO3/c10-5-1-2-6(12(14)15)8(11)7(5)9(13)3-4-9/h1-2,13H,3-4H2. The molecule has 0 bridgehead atoms. The first-order valence-corrected chi connectivity index (χ1v) is 4.31. The molecule has 0 aliphatic heterocycles. The molecule has 0 heterocycles. The second kappa shape index (κ2) is 2.96. The number of hydrogen-bond acceptors (Lipinski definition) is 3. The molecule has 1 fully saturated rings. The normalized spacial score (nSPS) is 17.5. The zero-order valence-corrected chi connectivity index (χ0v) is 7.54. The van der Waals surface area contributed by atoms with Gasteiger partial charge in [0.1, 0.15) is 5.82 Å².